The van der Waals surface area contributed by atoms with E-state index in [9.17, 15) is 0 Å². The Balaban J connectivity index is 2.29. The summed E-state index contributed by atoms with van der Waals surface area (Å²) in [5.41, 5.74) is 0. The summed E-state index contributed by atoms with van der Waals surface area (Å²) < 4.78 is 0. The van der Waals surface area contributed by atoms with Crippen molar-refractivity contribution in [1.82, 2.24) is 10.2 Å². The van der Waals surface area contributed by atoms with Crippen LogP contribution in [0.15, 0.2) is 0 Å². The molecule has 1 aliphatic rings. The van der Waals surface area contributed by atoms with E-state index in [2.05, 4.69) is 30.1 Å². The molecular weight excluding hydrogens is 198 g/mol. The predicted octanol–water partition coefficient (Wildman–Crippen LogP) is 2.00. The molecule has 0 aromatic rings. The molecule has 0 spiro atoms. The molecule has 0 aromatic heterocycles. The highest BCUT2D eigenvalue weighted by Gasteiger charge is 2.18. The van der Waals surface area contributed by atoms with E-state index >= 15 is 0 Å². The van der Waals surface area contributed by atoms with Crippen LogP contribution in [0.4, 0.5) is 0 Å². The number of nitrogens with one attached hydrogen (secondary N) is 1. The molecule has 0 aromatic carbocycles. The number of piperidine rings is 1. The highest BCUT2D eigenvalue weighted by molar-refractivity contribution is 4.76. The van der Waals surface area contributed by atoms with E-state index < -0.39 is 0 Å². The minimum absolute atomic E-state index is 0.605. The Labute approximate surface area is 99.8 Å². The molecule has 1 saturated heterocycles. The van der Waals surface area contributed by atoms with Gasteiger partial charge in [-0.25, -0.2) is 0 Å². The minimum atomic E-state index is 0.605. The quantitative estimate of drug-likeness (QED) is 0.700. The maximum absolute atomic E-state index is 8.56. The van der Waals surface area contributed by atoms with E-state index in [-0.39, 0.29) is 0 Å². The first-order valence-corrected chi connectivity index (χ1v) is 6.55. The lowest BCUT2D eigenvalue weighted by molar-refractivity contribution is 0.168. The van der Waals surface area contributed by atoms with Crippen LogP contribution in [0.25, 0.3) is 0 Å². The monoisotopic (exact) mass is 223 g/mol. The molecule has 0 radical (unpaired) electrons. The predicted molar refractivity (Wildman–Crippen MR) is 67.1 cm³/mol. The Hall–Kier alpha value is -0.590. The van der Waals surface area contributed by atoms with Gasteiger partial charge in [0.25, 0.3) is 0 Å². The minimum Gasteiger partial charge on any atom is -0.317 e. The molecule has 0 unspecified atom stereocenters. The molecule has 3 nitrogen and oxygen atoms in total. The van der Waals surface area contributed by atoms with Crippen LogP contribution in [-0.4, -0.2) is 37.1 Å². The highest BCUT2D eigenvalue weighted by atomic mass is 15.1. The number of rotatable bonds is 6. The molecule has 1 rings (SSSR count). The number of unbranched alkanes of at least 4 members (excludes halogenated alkanes) is 1. The van der Waals surface area contributed by atoms with Crippen molar-refractivity contribution < 1.29 is 0 Å². The molecule has 3 heteroatoms. The Kier molecular flexibility index (Phi) is 6.44. The van der Waals surface area contributed by atoms with Gasteiger partial charge in [0.1, 0.15) is 0 Å². The number of hydrogen-bond acceptors (Lipinski definition) is 3. The topological polar surface area (TPSA) is 39.1 Å². The molecule has 16 heavy (non-hydrogen) atoms. The van der Waals surface area contributed by atoms with Crippen molar-refractivity contribution in [2.45, 2.75) is 45.6 Å². The highest BCUT2D eigenvalue weighted by Crippen LogP contribution is 2.15. The lowest BCUT2D eigenvalue weighted by Crippen LogP contribution is -2.39. The number of hydrogen-bond donors (Lipinski definition) is 1. The third-order valence-corrected chi connectivity index (χ3v) is 3.42. The SMILES string of the molecule is CC(C)N(CCCC#N)CC1CCNCC1. The zero-order chi connectivity index (χ0) is 11.8. The average Bonchev–Trinajstić information content (AvgIpc) is 2.29. The fourth-order valence-corrected chi connectivity index (χ4v) is 2.32. The number of nitriles is 1. The van der Waals surface area contributed by atoms with Crippen LogP contribution < -0.4 is 5.32 Å². The Morgan fingerprint density at radius 1 is 1.38 bits per heavy atom. The molecule has 1 fully saturated rings. The first-order chi connectivity index (χ1) is 7.74. The molecule has 92 valence electrons. The van der Waals surface area contributed by atoms with Gasteiger partial charge in [-0.05, 0) is 58.7 Å². The van der Waals surface area contributed by atoms with Crippen LogP contribution in [0.3, 0.4) is 0 Å². The molecule has 0 aliphatic carbocycles. The van der Waals surface area contributed by atoms with Crippen LogP contribution in [0.2, 0.25) is 0 Å². The normalized spacial score (nSPS) is 17.9. The smallest absolute Gasteiger partial charge is 0.0622 e. The van der Waals surface area contributed by atoms with Gasteiger partial charge < -0.3 is 10.2 Å². The van der Waals surface area contributed by atoms with E-state index in [1.165, 1.54) is 32.5 Å². The van der Waals surface area contributed by atoms with Crippen LogP contribution >= 0.6 is 0 Å². The zero-order valence-corrected chi connectivity index (χ0v) is 10.7. The Morgan fingerprint density at radius 2 is 2.06 bits per heavy atom. The second kappa shape index (κ2) is 7.65. The Morgan fingerprint density at radius 3 is 2.62 bits per heavy atom. The standard InChI is InChI=1S/C13H25N3/c1-12(2)16(10-4-3-7-14)11-13-5-8-15-9-6-13/h12-13,15H,3-6,8-11H2,1-2H3. The van der Waals surface area contributed by atoms with E-state index in [1.807, 2.05) is 0 Å². The third-order valence-electron chi connectivity index (χ3n) is 3.42. The Bertz CT molecular complexity index is 214. The van der Waals surface area contributed by atoms with Gasteiger partial charge in [0.15, 0.2) is 0 Å². The molecule has 1 aliphatic heterocycles. The molecule has 1 heterocycles. The summed E-state index contributed by atoms with van der Waals surface area (Å²) in [6.07, 6.45) is 4.32. The zero-order valence-electron chi connectivity index (χ0n) is 10.7. The largest absolute Gasteiger partial charge is 0.317 e. The number of nitrogens with zero attached hydrogens (tertiary/aromatic N) is 2. The molecular formula is C13H25N3. The summed E-state index contributed by atoms with van der Waals surface area (Å²) in [7, 11) is 0. The first-order valence-electron chi connectivity index (χ1n) is 6.55. The van der Waals surface area contributed by atoms with E-state index in [1.54, 1.807) is 0 Å². The van der Waals surface area contributed by atoms with Crippen LogP contribution in [0.1, 0.15) is 39.5 Å². The lowest BCUT2D eigenvalue weighted by atomic mass is 9.97. The molecule has 0 atom stereocenters. The van der Waals surface area contributed by atoms with Crippen molar-refractivity contribution in [1.29, 1.82) is 5.26 Å². The van der Waals surface area contributed by atoms with E-state index in [4.69, 9.17) is 5.26 Å². The fraction of sp³-hybridized carbons (Fsp3) is 0.923. The summed E-state index contributed by atoms with van der Waals surface area (Å²) in [4.78, 5) is 2.54. The first kappa shape index (κ1) is 13.5. The van der Waals surface area contributed by atoms with Gasteiger partial charge in [-0.3, -0.25) is 0 Å². The van der Waals surface area contributed by atoms with E-state index in [0.717, 1.165) is 18.9 Å². The van der Waals surface area contributed by atoms with Crippen molar-refractivity contribution in [3.8, 4) is 6.07 Å². The lowest BCUT2D eigenvalue weighted by Gasteiger charge is -2.32. The van der Waals surface area contributed by atoms with Gasteiger partial charge >= 0.3 is 0 Å². The molecule has 0 amide bonds. The van der Waals surface area contributed by atoms with Crippen molar-refractivity contribution in [3.63, 3.8) is 0 Å². The van der Waals surface area contributed by atoms with Crippen molar-refractivity contribution >= 4 is 0 Å². The summed E-state index contributed by atoms with van der Waals surface area (Å²) in [5, 5.41) is 12.0. The average molecular weight is 223 g/mol. The maximum Gasteiger partial charge on any atom is 0.0622 e. The summed E-state index contributed by atoms with van der Waals surface area (Å²) in [5.74, 6) is 0.853. The van der Waals surface area contributed by atoms with Gasteiger partial charge in [0, 0.05) is 19.0 Å². The van der Waals surface area contributed by atoms with Gasteiger partial charge in [-0.2, -0.15) is 5.26 Å². The van der Waals surface area contributed by atoms with Gasteiger partial charge in [0.05, 0.1) is 6.07 Å². The molecule has 0 saturated carbocycles. The molecule has 0 bridgehead atoms. The van der Waals surface area contributed by atoms with Crippen LogP contribution in [-0.2, 0) is 0 Å². The maximum atomic E-state index is 8.56. The van der Waals surface area contributed by atoms with Crippen LogP contribution in [0.5, 0.6) is 0 Å². The third kappa shape index (κ3) is 4.96. The van der Waals surface area contributed by atoms with Gasteiger partial charge in [-0.15, -0.1) is 0 Å². The summed E-state index contributed by atoms with van der Waals surface area (Å²) in [6, 6.07) is 2.83. The van der Waals surface area contributed by atoms with Crippen LogP contribution in [0, 0.1) is 17.2 Å². The molecule has 1 N–H and O–H groups in total. The van der Waals surface area contributed by atoms with Gasteiger partial charge in [0.2, 0.25) is 0 Å². The summed E-state index contributed by atoms with van der Waals surface area (Å²) in [6.45, 7) is 9.16. The second-order valence-electron chi connectivity index (χ2n) is 5.04. The second-order valence-corrected chi connectivity index (χ2v) is 5.04. The van der Waals surface area contributed by atoms with Crippen molar-refractivity contribution in [2.24, 2.45) is 5.92 Å². The van der Waals surface area contributed by atoms with E-state index in [0.29, 0.717) is 12.5 Å². The summed E-state index contributed by atoms with van der Waals surface area (Å²) >= 11 is 0. The van der Waals surface area contributed by atoms with Crippen molar-refractivity contribution in [2.75, 3.05) is 26.2 Å². The van der Waals surface area contributed by atoms with Crippen molar-refractivity contribution in [3.05, 3.63) is 0 Å². The fourth-order valence-electron chi connectivity index (χ4n) is 2.32. The van der Waals surface area contributed by atoms with Gasteiger partial charge in [-0.1, -0.05) is 0 Å².